The zero-order valence-corrected chi connectivity index (χ0v) is 15.8. The number of carbonyl (C=O) groups excluding carboxylic acids is 1. The first kappa shape index (κ1) is 18.9. The van der Waals surface area contributed by atoms with Gasteiger partial charge in [-0.1, -0.05) is 30.3 Å². The number of benzene rings is 2. The molecule has 140 valence electrons. The molecular weight excluding hydrogens is 366 g/mol. The van der Waals surface area contributed by atoms with Gasteiger partial charge < -0.3 is 9.47 Å². The average molecular weight is 385 g/mol. The van der Waals surface area contributed by atoms with Crippen LogP contribution in [0.3, 0.4) is 0 Å². The molecule has 1 fully saturated rings. The fourth-order valence-corrected chi connectivity index (χ4v) is 5.72. The molecule has 1 aliphatic carbocycles. The van der Waals surface area contributed by atoms with Crippen molar-refractivity contribution in [3.05, 3.63) is 60.2 Å². The van der Waals surface area contributed by atoms with Gasteiger partial charge in [0.15, 0.2) is 15.3 Å². The van der Waals surface area contributed by atoms with Crippen LogP contribution in [0.1, 0.15) is 18.4 Å². The molecule has 7 heteroatoms. The van der Waals surface area contributed by atoms with Gasteiger partial charge in [-0.3, -0.25) is 4.79 Å². The first-order chi connectivity index (χ1) is 12.9. The van der Waals surface area contributed by atoms with E-state index < -0.39 is 32.4 Å². The second-order valence-electron chi connectivity index (χ2n) is 6.23. The van der Waals surface area contributed by atoms with Crippen molar-refractivity contribution in [2.75, 3.05) is 13.7 Å². The zero-order valence-electron chi connectivity index (χ0n) is 15.0. The molecule has 1 saturated carbocycles. The number of methoxy groups -OCH3 is 1. The largest absolute Gasteiger partial charge is 0.497 e. The van der Waals surface area contributed by atoms with Crippen molar-refractivity contribution in [2.45, 2.75) is 23.0 Å². The van der Waals surface area contributed by atoms with Crippen molar-refractivity contribution in [1.82, 2.24) is 0 Å². The molecule has 2 aromatic carbocycles. The monoisotopic (exact) mass is 385 g/mol. The molecule has 0 radical (unpaired) electrons. The molecule has 0 unspecified atom stereocenters. The Hall–Kier alpha value is -2.85. The number of hydrogen-bond donors (Lipinski definition) is 0. The standard InChI is InChI=1S/C20H19NO5S/c1-3-26-19(22)20(13-21)17(14-9-11-15(25-2)12-10-14)18(20)27(23,24)16-7-5-4-6-8-16/h4-12,17-18H,3H2,1-2H3/t17-,18+,20-/m1/s1. The van der Waals surface area contributed by atoms with Crippen LogP contribution < -0.4 is 4.74 Å². The molecule has 0 bridgehead atoms. The smallest absolute Gasteiger partial charge is 0.328 e. The van der Waals surface area contributed by atoms with Crippen LogP contribution in [-0.2, 0) is 19.4 Å². The molecule has 0 aromatic heterocycles. The summed E-state index contributed by atoms with van der Waals surface area (Å²) in [6.07, 6.45) is 0. The zero-order chi connectivity index (χ0) is 19.7. The van der Waals surface area contributed by atoms with Crippen LogP contribution in [0.15, 0.2) is 59.5 Å². The van der Waals surface area contributed by atoms with Crippen molar-refractivity contribution in [1.29, 1.82) is 5.26 Å². The van der Waals surface area contributed by atoms with Gasteiger partial charge in [0.05, 0.1) is 24.7 Å². The first-order valence-electron chi connectivity index (χ1n) is 8.44. The van der Waals surface area contributed by atoms with E-state index in [0.717, 1.165) is 0 Å². The van der Waals surface area contributed by atoms with E-state index in [0.29, 0.717) is 11.3 Å². The van der Waals surface area contributed by atoms with E-state index in [4.69, 9.17) is 9.47 Å². The number of carbonyl (C=O) groups is 1. The molecular formula is C20H19NO5S. The third-order valence-electron chi connectivity index (χ3n) is 4.81. The predicted molar refractivity (Wildman–Crippen MR) is 97.8 cm³/mol. The molecule has 0 aliphatic heterocycles. The summed E-state index contributed by atoms with van der Waals surface area (Å²) in [7, 11) is -2.40. The van der Waals surface area contributed by atoms with Gasteiger partial charge in [-0.25, -0.2) is 8.42 Å². The van der Waals surface area contributed by atoms with Crippen LogP contribution in [0.25, 0.3) is 0 Å². The lowest BCUT2D eigenvalue weighted by Gasteiger charge is -2.09. The molecule has 27 heavy (non-hydrogen) atoms. The highest BCUT2D eigenvalue weighted by Crippen LogP contribution is 2.64. The van der Waals surface area contributed by atoms with Gasteiger partial charge >= 0.3 is 5.97 Å². The summed E-state index contributed by atoms with van der Waals surface area (Å²) >= 11 is 0. The SMILES string of the molecule is CCOC(=O)[C@]1(C#N)[C@H](c2ccc(OC)cc2)[C@@H]1S(=O)(=O)c1ccccc1. The molecule has 0 heterocycles. The summed E-state index contributed by atoms with van der Waals surface area (Å²) in [5.74, 6) is -1.02. The minimum atomic E-state index is -3.92. The van der Waals surface area contributed by atoms with Crippen LogP contribution >= 0.6 is 0 Å². The molecule has 0 amide bonds. The number of nitrogens with zero attached hydrogens (tertiary/aromatic N) is 1. The number of hydrogen-bond acceptors (Lipinski definition) is 6. The Morgan fingerprint density at radius 3 is 2.30 bits per heavy atom. The Bertz CT molecular complexity index is 979. The maximum atomic E-state index is 13.2. The summed E-state index contributed by atoms with van der Waals surface area (Å²) in [6.45, 7) is 1.68. The van der Waals surface area contributed by atoms with Crippen molar-refractivity contribution < 1.29 is 22.7 Å². The van der Waals surface area contributed by atoms with E-state index >= 15 is 0 Å². The van der Waals surface area contributed by atoms with Crippen molar-refractivity contribution in [3.63, 3.8) is 0 Å². The summed E-state index contributed by atoms with van der Waals surface area (Å²) in [4.78, 5) is 12.7. The maximum Gasteiger partial charge on any atom is 0.328 e. The highest BCUT2D eigenvalue weighted by atomic mass is 32.2. The molecule has 0 N–H and O–H groups in total. The van der Waals surface area contributed by atoms with Gasteiger partial charge in [0.25, 0.3) is 0 Å². The summed E-state index contributed by atoms with van der Waals surface area (Å²) in [5, 5.41) is 8.62. The van der Waals surface area contributed by atoms with Gasteiger partial charge in [-0.15, -0.1) is 0 Å². The van der Waals surface area contributed by atoms with Crippen LogP contribution in [0, 0.1) is 16.7 Å². The van der Waals surface area contributed by atoms with Gasteiger partial charge in [-0.05, 0) is 36.8 Å². The van der Waals surface area contributed by atoms with E-state index in [2.05, 4.69) is 0 Å². The Morgan fingerprint density at radius 2 is 1.78 bits per heavy atom. The van der Waals surface area contributed by atoms with Crippen LogP contribution in [0.5, 0.6) is 5.75 Å². The number of ether oxygens (including phenoxy) is 2. The van der Waals surface area contributed by atoms with E-state index in [1.54, 1.807) is 49.4 Å². The third-order valence-corrected chi connectivity index (χ3v) is 7.05. The summed E-state index contributed by atoms with van der Waals surface area (Å²) < 4.78 is 36.6. The van der Waals surface area contributed by atoms with Gasteiger partial charge in [0.2, 0.25) is 0 Å². The summed E-state index contributed by atoms with van der Waals surface area (Å²) in [6, 6.07) is 16.5. The van der Waals surface area contributed by atoms with Gasteiger partial charge in [-0.2, -0.15) is 5.26 Å². The second kappa shape index (κ2) is 7.05. The molecule has 3 atom stereocenters. The lowest BCUT2D eigenvalue weighted by Crippen LogP contribution is -2.25. The van der Waals surface area contributed by atoms with Crippen LogP contribution in [-0.4, -0.2) is 33.4 Å². The Labute approximate surface area is 158 Å². The Balaban J connectivity index is 2.11. The van der Waals surface area contributed by atoms with E-state index in [-0.39, 0.29) is 11.5 Å². The minimum absolute atomic E-state index is 0.0652. The van der Waals surface area contributed by atoms with E-state index in [1.807, 2.05) is 6.07 Å². The van der Waals surface area contributed by atoms with Crippen molar-refractivity contribution in [3.8, 4) is 11.8 Å². The Kier molecular flexibility index (Phi) is 4.94. The molecule has 3 rings (SSSR count). The van der Waals surface area contributed by atoms with Crippen molar-refractivity contribution in [2.24, 2.45) is 5.41 Å². The fourth-order valence-electron chi connectivity index (χ4n) is 3.46. The van der Waals surface area contributed by atoms with Crippen LogP contribution in [0.4, 0.5) is 0 Å². The molecule has 6 nitrogen and oxygen atoms in total. The Morgan fingerprint density at radius 1 is 1.15 bits per heavy atom. The highest BCUT2D eigenvalue weighted by Gasteiger charge is 2.77. The minimum Gasteiger partial charge on any atom is -0.497 e. The topological polar surface area (TPSA) is 93.5 Å². The normalized spacial score (nSPS) is 23.9. The lowest BCUT2D eigenvalue weighted by molar-refractivity contribution is -0.147. The molecule has 0 spiro atoms. The van der Waals surface area contributed by atoms with Crippen LogP contribution in [0.2, 0.25) is 0 Å². The fraction of sp³-hybridized carbons (Fsp3) is 0.300. The average Bonchev–Trinajstić information content (AvgIpc) is 3.40. The molecule has 2 aromatic rings. The van der Waals surface area contributed by atoms with E-state index in [9.17, 15) is 18.5 Å². The molecule has 0 saturated heterocycles. The number of sulfone groups is 1. The quantitative estimate of drug-likeness (QED) is 0.710. The third kappa shape index (κ3) is 2.96. The van der Waals surface area contributed by atoms with Gasteiger partial charge in [0.1, 0.15) is 11.0 Å². The van der Waals surface area contributed by atoms with Crippen molar-refractivity contribution >= 4 is 15.8 Å². The predicted octanol–water partition coefficient (Wildman–Crippen LogP) is 2.71. The second-order valence-corrected chi connectivity index (χ2v) is 8.30. The maximum absolute atomic E-state index is 13.2. The number of esters is 1. The summed E-state index contributed by atoms with van der Waals surface area (Å²) in [5.41, 5.74) is -1.19. The highest BCUT2D eigenvalue weighted by molar-refractivity contribution is 7.92. The van der Waals surface area contributed by atoms with Gasteiger partial charge in [0, 0.05) is 5.92 Å². The van der Waals surface area contributed by atoms with E-state index in [1.165, 1.54) is 19.2 Å². The lowest BCUT2D eigenvalue weighted by atomic mass is 10.0. The first-order valence-corrected chi connectivity index (χ1v) is 9.99. The number of rotatable bonds is 6. The molecule has 1 aliphatic rings. The number of nitriles is 1.